The lowest BCUT2D eigenvalue weighted by atomic mass is 10.2. The first kappa shape index (κ1) is 15.1. The van der Waals surface area contributed by atoms with Gasteiger partial charge in [-0.15, -0.1) is 0 Å². The maximum Gasteiger partial charge on any atom is 0.318 e. The number of hydrogen-bond donors (Lipinski definition) is 2. The molecule has 2 aliphatic rings. The van der Waals surface area contributed by atoms with Crippen molar-refractivity contribution in [1.29, 1.82) is 0 Å². The normalized spacial score (nSPS) is 23.6. The van der Waals surface area contributed by atoms with Crippen LogP contribution in [-0.4, -0.2) is 55.2 Å². The minimum Gasteiger partial charge on any atom is -0.377 e. The number of ether oxygens (including phenoxy) is 1. The summed E-state index contributed by atoms with van der Waals surface area (Å²) in [6.07, 6.45) is 5.32. The van der Waals surface area contributed by atoms with Crippen LogP contribution in [0.5, 0.6) is 0 Å². The topological polar surface area (TPSA) is 70.7 Å². The first-order valence-electron chi connectivity index (χ1n) is 7.65. The summed E-state index contributed by atoms with van der Waals surface area (Å²) in [6.45, 7) is 3.89. The molecule has 2 N–H and O–H groups in total. The molecule has 1 aliphatic heterocycles. The van der Waals surface area contributed by atoms with Gasteiger partial charge in [0.2, 0.25) is 5.91 Å². The van der Waals surface area contributed by atoms with Crippen LogP contribution < -0.4 is 10.6 Å². The van der Waals surface area contributed by atoms with Gasteiger partial charge in [0.1, 0.15) is 6.04 Å². The van der Waals surface area contributed by atoms with Gasteiger partial charge in [-0.2, -0.15) is 0 Å². The van der Waals surface area contributed by atoms with E-state index in [4.69, 9.17) is 4.74 Å². The molecule has 2 fully saturated rings. The Kier molecular flexibility index (Phi) is 5.64. The molecule has 0 spiro atoms. The van der Waals surface area contributed by atoms with Crippen LogP contribution in [0.25, 0.3) is 0 Å². The van der Waals surface area contributed by atoms with Gasteiger partial charge in [0, 0.05) is 19.1 Å². The molecular weight excluding hydrogens is 258 g/mol. The van der Waals surface area contributed by atoms with Crippen molar-refractivity contribution in [3.05, 3.63) is 0 Å². The highest BCUT2D eigenvalue weighted by Gasteiger charge is 2.33. The summed E-state index contributed by atoms with van der Waals surface area (Å²) in [7, 11) is 0. The lowest BCUT2D eigenvalue weighted by Gasteiger charge is -2.35. The van der Waals surface area contributed by atoms with Crippen molar-refractivity contribution in [1.82, 2.24) is 15.5 Å². The van der Waals surface area contributed by atoms with Gasteiger partial charge >= 0.3 is 6.03 Å². The number of urea groups is 1. The Morgan fingerprint density at radius 3 is 2.75 bits per heavy atom. The highest BCUT2D eigenvalue weighted by atomic mass is 16.5. The standard InChI is InChI=1S/C14H25N3O3/c1-2-7-15-13(18)12-10-20-9-8-17(12)14(19)16-11-5-3-4-6-11/h11-12H,2-10H2,1H3,(H,15,18)(H,16,19). The smallest absolute Gasteiger partial charge is 0.318 e. The number of amides is 3. The average Bonchev–Trinajstić information content (AvgIpc) is 2.97. The van der Waals surface area contributed by atoms with Crippen LogP contribution in [0.1, 0.15) is 39.0 Å². The third-order valence-corrected chi connectivity index (χ3v) is 3.92. The second kappa shape index (κ2) is 7.47. The van der Waals surface area contributed by atoms with Crippen LogP contribution in [0.2, 0.25) is 0 Å². The van der Waals surface area contributed by atoms with Gasteiger partial charge in [0.25, 0.3) is 0 Å². The molecule has 1 heterocycles. The highest BCUT2D eigenvalue weighted by Crippen LogP contribution is 2.18. The van der Waals surface area contributed by atoms with E-state index in [0.717, 1.165) is 19.3 Å². The molecule has 0 bridgehead atoms. The summed E-state index contributed by atoms with van der Waals surface area (Å²) >= 11 is 0. The van der Waals surface area contributed by atoms with E-state index in [9.17, 15) is 9.59 Å². The zero-order valence-electron chi connectivity index (χ0n) is 12.2. The van der Waals surface area contributed by atoms with Gasteiger partial charge < -0.3 is 20.3 Å². The van der Waals surface area contributed by atoms with Crippen LogP contribution in [0, 0.1) is 0 Å². The van der Waals surface area contributed by atoms with E-state index in [-0.39, 0.29) is 24.6 Å². The monoisotopic (exact) mass is 283 g/mol. The van der Waals surface area contributed by atoms with E-state index >= 15 is 0 Å². The van der Waals surface area contributed by atoms with Crippen LogP contribution in [-0.2, 0) is 9.53 Å². The summed E-state index contributed by atoms with van der Waals surface area (Å²) in [4.78, 5) is 26.0. The van der Waals surface area contributed by atoms with Gasteiger partial charge in [-0.3, -0.25) is 4.79 Å². The first-order chi connectivity index (χ1) is 9.72. The molecule has 1 saturated heterocycles. The van der Waals surface area contributed by atoms with E-state index in [2.05, 4.69) is 10.6 Å². The Labute approximate surface area is 120 Å². The highest BCUT2D eigenvalue weighted by molar-refractivity contribution is 5.87. The maximum atomic E-state index is 12.3. The Hall–Kier alpha value is -1.30. The summed E-state index contributed by atoms with van der Waals surface area (Å²) in [5.74, 6) is -0.117. The number of rotatable bonds is 4. The maximum absolute atomic E-state index is 12.3. The molecule has 3 amide bonds. The van der Waals surface area contributed by atoms with Gasteiger partial charge in [0.15, 0.2) is 0 Å². The second-order valence-corrected chi connectivity index (χ2v) is 5.51. The molecule has 1 unspecified atom stereocenters. The molecule has 2 rings (SSSR count). The number of hydrogen-bond acceptors (Lipinski definition) is 3. The predicted octanol–water partition coefficient (Wildman–Crippen LogP) is 0.866. The van der Waals surface area contributed by atoms with E-state index in [1.165, 1.54) is 12.8 Å². The first-order valence-corrected chi connectivity index (χ1v) is 7.65. The third kappa shape index (κ3) is 3.85. The van der Waals surface area contributed by atoms with Gasteiger partial charge in [-0.1, -0.05) is 19.8 Å². The van der Waals surface area contributed by atoms with Gasteiger partial charge in [0.05, 0.1) is 13.2 Å². The molecule has 6 heteroatoms. The molecule has 6 nitrogen and oxygen atoms in total. The summed E-state index contributed by atoms with van der Waals surface area (Å²) in [6, 6.07) is -0.363. The quantitative estimate of drug-likeness (QED) is 0.804. The molecule has 1 atom stereocenters. The van der Waals surface area contributed by atoms with Crippen molar-refractivity contribution in [2.24, 2.45) is 0 Å². The fourth-order valence-corrected chi connectivity index (χ4v) is 2.76. The van der Waals surface area contributed by atoms with Crippen LogP contribution in [0.3, 0.4) is 0 Å². The van der Waals surface area contributed by atoms with E-state index in [1.807, 2.05) is 6.92 Å². The zero-order valence-corrected chi connectivity index (χ0v) is 12.2. The van der Waals surface area contributed by atoms with Gasteiger partial charge in [-0.25, -0.2) is 4.79 Å². The second-order valence-electron chi connectivity index (χ2n) is 5.51. The van der Waals surface area contributed by atoms with E-state index in [0.29, 0.717) is 19.7 Å². The van der Waals surface area contributed by atoms with E-state index in [1.54, 1.807) is 4.90 Å². The molecule has 0 radical (unpaired) electrons. The number of nitrogens with one attached hydrogen (secondary N) is 2. The van der Waals surface area contributed by atoms with Gasteiger partial charge in [-0.05, 0) is 19.3 Å². The fraction of sp³-hybridized carbons (Fsp3) is 0.857. The Morgan fingerprint density at radius 1 is 1.30 bits per heavy atom. The Morgan fingerprint density at radius 2 is 2.05 bits per heavy atom. The number of carbonyl (C=O) groups is 2. The Balaban J connectivity index is 1.91. The van der Waals surface area contributed by atoms with Crippen LogP contribution in [0.4, 0.5) is 4.79 Å². The van der Waals surface area contributed by atoms with Crippen molar-refractivity contribution in [3.63, 3.8) is 0 Å². The fourth-order valence-electron chi connectivity index (χ4n) is 2.76. The number of carbonyl (C=O) groups excluding carboxylic acids is 2. The lowest BCUT2D eigenvalue weighted by Crippen LogP contribution is -2.59. The Bertz CT molecular complexity index is 343. The number of morpholine rings is 1. The SMILES string of the molecule is CCCNC(=O)C1COCCN1C(=O)NC1CCCC1. The van der Waals surface area contributed by atoms with Crippen molar-refractivity contribution in [2.45, 2.75) is 51.1 Å². The zero-order chi connectivity index (χ0) is 14.4. The summed E-state index contributed by atoms with van der Waals surface area (Å²) in [5.41, 5.74) is 0. The van der Waals surface area contributed by atoms with E-state index < -0.39 is 6.04 Å². The van der Waals surface area contributed by atoms with Crippen molar-refractivity contribution in [2.75, 3.05) is 26.3 Å². The molecular formula is C14H25N3O3. The molecule has 20 heavy (non-hydrogen) atoms. The van der Waals surface area contributed by atoms with Crippen molar-refractivity contribution >= 4 is 11.9 Å². The molecule has 0 aromatic carbocycles. The number of nitrogens with zero attached hydrogens (tertiary/aromatic N) is 1. The van der Waals surface area contributed by atoms with Crippen LogP contribution in [0.15, 0.2) is 0 Å². The minimum atomic E-state index is -0.503. The molecule has 1 saturated carbocycles. The third-order valence-electron chi connectivity index (χ3n) is 3.92. The minimum absolute atomic E-state index is 0.117. The van der Waals surface area contributed by atoms with Crippen molar-refractivity contribution < 1.29 is 14.3 Å². The van der Waals surface area contributed by atoms with Crippen molar-refractivity contribution in [3.8, 4) is 0 Å². The molecule has 0 aromatic heterocycles. The summed E-state index contributed by atoms with van der Waals surface area (Å²) in [5, 5.41) is 5.88. The average molecular weight is 283 g/mol. The molecule has 1 aliphatic carbocycles. The predicted molar refractivity (Wildman–Crippen MR) is 75.4 cm³/mol. The van der Waals surface area contributed by atoms with Crippen LogP contribution >= 0.6 is 0 Å². The molecule has 114 valence electrons. The molecule has 0 aromatic rings. The largest absolute Gasteiger partial charge is 0.377 e. The summed E-state index contributed by atoms with van der Waals surface area (Å²) < 4.78 is 5.35. The lowest BCUT2D eigenvalue weighted by molar-refractivity contribution is -0.130.